The van der Waals surface area contributed by atoms with Gasteiger partial charge in [0.05, 0.1) is 11.8 Å². The van der Waals surface area contributed by atoms with Crippen LogP contribution >= 0.6 is 0 Å². The van der Waals surface area contributed by atoms with Crippen LogP contribution in [0.1, 0.15) is 42.2 Å². The maximum Gasteiger partial charge on any atom is 0.303 e. The van der Waals surface area contributed by atoms with E-state index in [2.05, 4.69) is 5.10 Å². The Kier molecular flexibility index (Phi) is 4.65. The van der Waals surface area contributed by atoms with Crippen molar-refractivity contribution in [3.8, 4) is 0 Å². The summed E-state index contributed by atoms with van der Waals surface area (Å²) < 4.78 is 1.70. The molecule has 2 atom stereocenters. The summed E-state index contributed by atoms with van der Waals surface area (Å²) in [5.41, 5.74) is 1.50. The van der Waals surface area contributed by atoms with Crippen LogP contribution in [0.5, 0.6) is 0 Å². The molecule has 116 valence electrons. The molecular weight excluding hydrogens is 270 g/mol. The number of hydrogen-bond donors (Lipinski definition) is 1. The number of carbonyl (C=O) groups excluding carboxylic acids is 1. The van der Waals surface area contributed by atoms with Crippen LogP contribution in [0.15, 0.2) is 6.20 Å². The molecule has 1 saturated heterocycles. The normalized spacial score (nSPS) is 20.3. The van der Waals surface area contributed by atoms with Crippen LogP contribution in [-0.4, -0.2) is 44.8 Å². The minimum atomic E-state index is -0.769. The topological polar surface area (TPSA) is 75.4 Å². The van der Waals surface area contributed by atoms with Crippen molar-refractivity contribution in [1.29, 1.82) is 0 Å². The Hall–Kier alpha value is -1.85. The largest absolute Gasteiger partial charge is 0.481 e. The summed E-state index contributed by atoms with van der Waals surface area (Å²) in [7, 11) is 1.82. The number of carboxylic acids is 1. The molecule has 1 amide bonds. The van der Waals surface area contributed by atoms with E-state index in [0.29, 0.717) is 12.1 Å². The quantitative estimate of drug-likeness (QED) is 0.916. The fourth-order valence-corrected chi connectivity index (χ4v) is 2.98. The second kappa shape index (κ2) is 6.28. The van der Waals surface area contributed by atoms with Gasteiger partial charge in [-0.25, -0.2) is 0 Å². The maximum absolute atomic E-state index is 12.6. The van der Waals surface area contributed by atoms with Crippen LogP contribution in [0.2, 0.25) is 0 Å². The number of aryl methyl sites for hydroxylation is 1. The van der Waals surface area contributed by atoms with Gasteiger partial charge in [0.25, 0.3) is 5.91 Å². The lowest BCUT2D eigenvalue weighted by Gasteiger charge is -2.35. The van der Waals surface area contributed by atoms with Crippen molar-refractivity contribution in [2.75, 3.05) is 13.1 Å². The van der Waals surface area contributed by atoms with Crippen LogP contribution in [-0.2, 0) is 11.8 Å². The van der Waals surface area contributed by atoms with E-state index in [1.165, 1.54) is 0 Å². The molecule has 0 aliphatic carbocycles. The highest BCUT2D eigenvalue weighted by Gasteiger charge is 2.29. The van der Waals surface area contributed by atoms with E-state index in [4.69, 9.17) is 5.11 Å². The van der Waals surface area contributed by atoms with Crippen LogP contribution in [0.3, 0.4) is 0 Å². The summed E-state index contributed by atoms with van der Waals surface area (Å²) >= 11 is 0. The van der Waals surface area contributed by atoms with E-state index in [9.17, 15) is 9.59 Å². The van der Waals surface area contributed by atoms with Crippen LogP contribution in [0.4, 0.5) is 0 Å². The molecule has 2 heterocycles. The minimum Gasteiger partial charge on any atom is -0.481 e. The average Bonchev–Trinajstić information content (AvgIpc) is 2.78. The molecule has 21 heavy (non-hydrogen) atoms. The zero-order chi connectivity index (χ0) is 15.6. The Balaban J connectivity index is 2.05. The van der Waals surface area contributed by atoms with E-state index in [1.54, 1.807) is 10.9 Å². The molecule has 6 nitrogen and oxygen atoms in total. The Morgan fingerprint density at radius 1 is 1.52 bits per heavy atom. The lowest BCUT2D eigenvalue weighted by molar-refractivity contribution is -0.138. The number of rotatable bonds is 4. The molecule has 0 spiro atoms. The molecule has 0 radical (unpaired) electrons. The first kappa shape index (κ1) is 15.5. The second-order valence-corrected chi connectivity index (χ2v) is 6.00. The maximum atomic E-state index is 12.6. The van der Waals surface area contributed by atoms with Gasteiger partial charge in [0, 0.05) is 32.3 Å². The number of nitrogens with zero attached hydrogens (tertiary/aromatic N) is 3. The van der Waals surface area contributed by atoms with E-state index in [0.717, 1.165) is 25.1 Å². The van der Waals surface area contributed by atoms with Crippen molar-refractivity contribution in [1.82, 2.24) is 14.7 Å². The molecule has 1 N–H and O–H groups in total. The number of amides is 1. The average molecular weight is 293 g/mol. The van der Waals surface area contributed by atoms with Gasteiger partial charge in [0.15, 0.2) is 0 Å². The summed E-state index contributed by atoms with van der Waals surface area (Å²) in [6.45, 7) is 5.22. The summed E-state index contributed by atoms with van der Waals surface area (Å²) in [5.74, 6) is -0.411. The predicted molar refractivity (Wildman–Crippen MR) is 78.0 cm³/mol. The molecule has 1 aromatic rings. The number of hydrogen-bond acceptors (Lipinski definition) is 3. The van der Waals surface area contributed by atoms with E-state index in [1.807, 2.05) is 25.8 Å². The van der Waals surface area contributed by atoms with Gasteiger partial charge in [0.1, 0.15) is 0 Å². The standard InChI is InChI=1S/C15H23N3O3/c1-10(7-14(19)20)12-5-4-6-18(9-12)15(21)13-8-16-17(3)11(13)2/h8,10,12H,4-7,9H2,1-3H3,(H,19,20). The summed E-state index contributed by atoms with van der Waals surface area (Å²) in [6, 6.07) is 0. The molecule has 0 saturated carbocycles. The molecule has 0 aromatic carbocycles. The summed E-state index contributed by atoms with van der Waals surface area (Å²) in [4.78, 5) is 25.3. The number of piperidine rings is 1. The number of likely N-dealkylation sites (tertiary alicyclic amines) is 1. The monoisotopic (exact) mass is 293 g/mol. The zero-order valence-corrected chi connectivity index (χ0v) is 12.9. The first-order valence-corrected chi connectivity index (χ1v) is 7.39. The summed E-state index contributed by atoms with van der Waals surface area (Å²) in [6.07, 6.45) is 3.70. The van der Waals surface area contributed by atoms with Crippen molar-refractivity contribution in [3.63, 3.8) is 0 Å². The van der Waals surface area contributed by atoms with Gasteiger partial charge in [-0.05, 0) is 31.6 Å². The number of aliphatic carboxylic acids is 1. The second-order valence-electron chi connectivity index (χ2n) is 6.00. The van der Waals surface area contributed by atoms with Crippen LogP contribution < -0.4 is 0 Å². The lowest BCUT2D eigenvalue weighted by atomic mass is 9.84. The molecule has 2 rings (SSSR count). The van der Waals surface area contributed by atoms with Crippen molar-refractivity contribution in [3.05, 3.63) is 17.5 Å². The van der Waals surface area contributed by atoms with Crippen LogP contribution in [0.25, 0.3) is 0 Å². The first-order valence-electron chi connectivity index (χ1n) is 7.39. The Morgan fingerprint density at radius 2 is 2.24 bits per heavy atom. The predicted octanol–water partition coefficient (Wildman–Crippen LogP) is 1.69. The highest BCUT2D eigenvalue weighted by atomic mass is 16.4. The van der Waals surface area contributed by atoms with Crippen molar-refractivity contribution >= 4 is 11.9 Å². The fraction of sp³-hybridized carbons (Fsp3) is 0.667. The van der Waals surface area contributed by atoms with E-state index < -0.39 is 5.97 Å². The third kappa shape index (κ3) is 3.43. The SMILES string of the molecule is Cc1c(C(=O)N2CCCC(C(C)CC(=O)O)C2)cnn1C. The molecular formula is C15H23N3O3. The highest BCUT2D eigenvalue weighted by Crippen LogP contribution is 2.27. The van der Waals surface area contributed by atoms with Crippen molar-refractivity contribution in [2.24, 2.45) is 18.9 Å². The highest BCUT2D eigenvalue weighted by molar-refractivity contribution is 5.95. The molecule has 0 bridgehead atoms. The van der Waals surface area contributed by atoms with Gasteiger partial charge in [-0.3, -0.25) is 14.3 Å². The molecule has 2 unspecified atom stereocenters. The molecule has 1 fully saturated rings. The van der Waals surface area contributed by atoms with E-state index >= 15 is 0 Å². The van der Waals surface area contributed by atoms with Gasteiger partial charge in [-0.15, -0.1) is 0 Å². The van der Waals surface area contributed by atoms with Gasteiger partial charge in [-0.1, -0.05) is 6.92 Å². The number of aromatic nitrogens is 2. The third-order valence-electron chi connectivity index (χ3n) is 4.51. The third-order valence-corrected chi connectivity index (χ3v) is 4.51. The number of carbonyl (C=O) groups is 2. The van der Waals surface area contributed by atoms with Gasteiger partial charge in [0.2, 0.25) is 0 Å². The van der Waals surface area contributed by atoms with Gasteiger partial charge in [-0.2, -0.15) is 5.10 Å². The molecule has 1 aromatic heterocycles. The van der Waals surface area contributed by atoms with Gasteiger partial charge < -0.3 is 10.0 Å². The summed E-state index contributed by atoms with van der Waals surface area (Å²) in [5, 5.41) is 13.0. The smallest absolute Gasteiger partial charge is 0.303 e. The Morgan fingerprint density at radius 3 is 2.81 bits per heavy atom. The zero-order valence-electron chi connectivity index (χ0n) is 12.9. The van der Waals surface area contributed by atoms with Crippen molar-refractivity contribution < 1.29 is 14.7 Å². The number of carboxylic acid groups (broad SMARTS) is 1. The Labute approximate surface area is 124 Å². The Bertz CT molecular complexity index is 538. The fourth-order valence-electron chi connectivity index (χ4n) is 2.98. The molecule has 1 aliphatic heterocycles. The van der Waals surface area contributed by atoms with E-state index in [-0.39, 0.29) is 24.2 Å². The van der Waals surface area contributed by atoms with Gasteiger partial charge >= 0.3 is 5.97 Å². The first-order chi connectivity index (χ1) is 9.90. The molecule has 1 aliphatic rings. The minimum absolute atomic E-state index is 0.00725. The van der Waals surface area contributed by atoms with Crippen LogP contribution in [0, 0.1) is 18.8 Å². The van der Waals surface area contributed by atoms with Crippen molar-refractivity contribution in [2.45, 2.75) is 33.1 Å². The molecule has 6 heteroatoms. The lowest BCUT2D eigenvalue weighted by Crippen LogP contribution is -2.42.